The zero-order chi connectivity index (χ0) is 9.14. The number of nitrogens with zero attached hydrogens (tertiary/aromatic N) is 1. The third-order valence-corrected chi connectivity index (χ3v) is 3.16. The minimum absolute atomic E-state index is 0.0226. The molecule has 0 bridgehead atoms. The van der Waals surface area contributed by atoms with Gasteiger partial charge in [-0.25, -0.2) is 3.11 Å². The van der Waals surface area contributed by atoms with Gasteiger partial charge in [0.2, 0.25) is 0 Å². The third-order valence-electron chi connectivity index (χ3n) is 2.08. The van der Waals surface area contributed by atoms with Gasteiger partial charge in [-0.1, -0.05) is 0 Å². The number of halogens is 1. The van der Waals surface area contributed by atoms with E-state index >= 15 is 0 Å². The molecule has 0 unspecified atom stereocenters. The third kappa shape index (κ3) is 2.17. The fourth-order valence-corrected chi connectivity index (χ4v) is 2.61. The Bertz CT molecular complexity index is 172. The summed E-state index contributed by atoms with van der Waals surface area (Å²) in [5, 5.41) is 0. The molecule has 2 atom stereocenters. The summed E-state index contributed by atoms with van der Waals surface area (Å²) in [4.78, 5) is 11.2. The molecule has 0 aromatic rings. The summed E-state index contributed by atoms with van der Waals surface area (Å²) in [7, 11) is 0. The van der Waals surface area contributed by atoms with Crippen LogP contribution in [0.5, 0.6) is 0 Å². The Morgan fingerprint density at radius 2 is 2.42 bits per heavy atom. The van der Waals surface area contributed by atoms with Crippen molar-refractivity contribution in [1.82, 2.24) is 3.11 Å². The van der Waals surface area contributed by atoms with Crippen molar-refractivity contribution in [3.8, 4) is 0 Å². The van der Waals surface area contributed by atoms with Crippen LogP contribution in [0.25, 0.3) is 0 Å². The highest BCUT2D eigenvalue weighted by atomic mass is 127. The fourth-order valence-electron chi connectivity index (χ4n) is 1.58. The zero-order valence-corrected chi connectivity index (χ0v) is 9.58. The number of hydrogen-bond acceptors (Lipinski definition) is 3. The van der Waals surface area contributed by atoms with E-state index in [4.69, 9.17) is 4.74 Å². The van der Waals surface area contributed by atoms with Crippen LogP contribution < -0.4 is 0 Å². The van der Waals surface area contributed by atoms with Crippen LogP contribution in [0.2, 0.25) is 0 Å². The minimum Gasteiger partial charge on any atom is -0.376 e. The second-order valence-electron chi connectivity index (χ2n) is 2.96. The Morgan fingerprint density at radius 1 is 1.75 bits per heavy atom. The van der Waals surface area contributed by atoms with Crippen molar-refractivity contribution in [3.05, 3.63) is 0 Å². The molecule has 1 aliphatic rings. The van der Waals surface area contributed by atoms with Gasteiger partial charge in [0.15, 0.2) is 0 Å². The Hall–Kier alpha value is 0.320. The summed E-state index contributed by atoms with van der Waals surface area (Å²) in [6.45, 7) is 5.25. The number of rotatable bonds is 3. The normalized spacial score (nSPS) is 30.9. The summed E-state index contributed by atoms with van der Waals surface area (Å²) in [5.41, 5.74) is 0. The number of carbonyl (C=O) groups excluding carboxylic acids is 1. The van der Waals surface area contributed by atoms with Crippen molar-refractivity contribution in [1.29, 1.82) is 0 Å². The van der Waals surface area contributed by atoms with Gasteiger partial charge < -0.3 is 4.74 Å². The minimum atomic E-state index is -0.0226. The van der Waals surface area contributed by atoms with E-state index in [9.17, 15) is 4.79 Å². The van der Waals surface area contributed by atoms with Gasteiger partial charge in [-0.15, -0.1) is 0 Å². The van der Waals surface area contributed by atoms with Crippen molar-refractivity contribution in [2.24, 2.45) is 0 Å². The van der Waals surface area contributed by atoms with Crippen molar-refractivity contribution >= 4 is 28.6 Å². The highest BCUT2D eigenvalue weighted by molar-refractivity contribution is 14.1. The lowest BCUT2D eigenvalue weighted by Crippen LogP contribution is -2.36. The molecule has 1 heterocycles. The maximum atomic E-state index is 11.2. The van der Waals surface area contributed by atoms with E-state index in [0.717, 1.165) is 13.0 Å². The first-order chi connectivity index (χ1) is 5.66. The average molecular weight is 283 g/mol. The first-order valence-electron chi connectivity index (χ1n) is 4.21. The Kier molecular flexibility index (Phi) is 3.92. The molecule has 3 nitrogen and oxygen atoms in total. The molecule has 12 heavy (non-hydrogen) atoms. The molecular formula is C8H14INO2. The lowest BCUT2D eigenvalue weighted by molar-refractivity contribution is -0.122. The van der Waals surface area contributed by atoms with Gasteiger partial charge in [-0.3, -0.25) is 4.79 Å². The molecule has 4 heteroatoms. The van der Waals surface area contributed by atoms with Crippen LogP contribution in [0, 0.1) is 0 Å². The molecule has 0 aliphatic carbocycles. The first kappa shape index (κ1) is 10.4. The second kappa shape index (κ2) is 4.53. The Balaban J connectivity index is 2.57. The fraction of sp³-hybridized carbons (Fsp3) is 0.875. The van der Waals surface area contributed by atoms with Gasteiger partial charge in [0, 0.05) is 36.0 Å². The Morgan fingerprint density at radius 3 is 2.92 bits per heavy atom. The van der Waals surface area contributed by atoms with Gasteiger partial charge in [-0.2, -0.15) is 0 Å². The van der Waals surface area contributed by atoms with E-state index in [1.165, 1.54) is 0 Å². The van der Waals surface area contributed by atoms with E-state index < -0.39 is 0 Å². The largest absolute Gasteiger partial charge is 0.376 e. The van der Waals surface area contributed by atoms with Gasteiger partial charge >= 0.3 is 0 Å². The monoisotopic (exact) mass is 283 g/mol. The topological polar surface area (TPSA) is 29.5 Å². The molecular weight excluding hydrogens is 269 g/mol. The van der Waals surface area contributed by atoms with Crippen LogP contribution in [0.1, 0.15) is 20.3 Å². The number of ether oxygens (including phenoxy) is 1. The van der Waals surface area contributed by atoms with Gasteiger partial charge in [0.05, 0.1) is 6.10 Å². The highest BCUT2D eigenvalue weighted by Gasteiger charge is 2.36. The molecule has 0 aromatic heterocycles. The molecule has 0 aromatic carbocycles. The first-order valence-corrected chi connectivity index (χ1v) is 5.17. The number of ketones is 1. The van der Waals surface area contributed by atoms with E-state index in [2.05, 4.69) is 22.9 Å². The molecule has 1 fully saturated rings. The van der Waals surface area contributed by atoms with Crippen LogP contribution >= 0.6 is 22.9 Å². The molecule has 0 radical (unpaired) electrons. The predicted molar refractivity (Wildman–Crippen MR) is 55.2 cm³/mol. The summed E-state index contributed by atoms with van der Waals surface area (Å²) >= 11 is 2.20. The van der Waals surface area contributed by atoms with Gasteiger partial charge in [-0.05, 0) is 20.3 Å². The van der Waals surface area contributed by atoms with E-state index in [-0.39, 0.29) is 17.9 Å². The zero-order valence-electron chi connectivity index (χ0n) is 7.42. The van der Waals surface area contributed by atoms with Crippen molar-refractivity contribution in [3.63, 3.8) is 0 Å². The highest BCUT2D eigenvalue weighted by Crippen LogP contribution is 2.24. The second-order valence-corrected chi connectivity index (χ2v) is 4.20. The number of Topliss-reactive ketones (excluding diaryl/α,β-unsaturated/α-hetero) is 1. The van der Waals surface area contributed by atoms with E-state index in [1.54, 1.807) is 6.92 Å². The van der Waals surface area contributed by atoms with Crippen molar-refractivity contribution in [2.75, 3.05) is 13.2 Å². The number of carbonyl (C=O) groups is 1. The lowest BCUT2D eigenvalue weighted by atomic mass is 10.1. The van der Waals surface area contributed by atoms with E-state index in [1.807, 2.05) is 10.0 Å². The lowest BCUT2D eigenvalue weighted by Gasteiger charge is -2.20. The summed E-state index contributed by atoms with van der Waals surface area (Å²) in [6.07, 6.45) is 1.09. The summed E-state index contributed by atoms with van der Waals surface area (Å²) in [6, 6.07) is -0.0226. The summed E-state index contributed by atoms with van der Waals surface area (Å²) < 4.78 is 7.52. The molecule has 0 amide bonds. The molecule has 1 saturated heterocycles. The van der Waals surface area contributed by atoms with Crippen molar-refractivity contribution in [2.45, 2.75) is 32.4 Å². The van der Waals surface area contributed by atoms with Crippen LogP contribution in [-0.2, 0) is 9.53 Å². The molecule has 0 saturated carbocycles. The van der Waals surface area contributed by atoms with Crippen LogP contribution in [0.15, 0.2) is 0 Å². The maximum Gasteiger partial charge on any atom is 0.150 e. The maximum absolute atomic E-state index is 11.2. The molecule has 0 spiro atoms. The summed E-state index contributed by atoms with van der Waals surface area (Å²) in [5.74, 6) is 0.209. The van der Waals surface area contributed by atoms with E-state index in [0.29, 0.717) is 6.61 Å². The predicted octanol–water partition coefficient (Wildman–Crippen LogP) is 1.40. The molecule has 0 N–H and O–H groups in total. The quantitative estimate of drug-likeness (QED) is 0.579. The van der Waals surface area contributed by atoms with Gasteiger partial charge in [0.25, 0.3) is 0 Å². The SMILES string of the molecule is CCO[C@@H]1CCN(I)[C@@H]1C(C)=O. The molecule has 70 valence electrons. The van der Waals surface area contributed by atoms with Crippen molar-refractivity contribution < 1.29 is 9.53 Å². The molecule has 1 aliphatic heterocycles. The number of hydrogen-bond donors (Lipinski definition) is 0. The average Bonchev–Trinajstić information content (AvgIpc) is 2.32. The van der Waals surface area contributed by atoms with Crippen LogP contribution in [0.3, 0.4) is 0 Å². The molecule has 1 rings (SSSR count). The van der Waals surface area contributed by atoms with Crippen LogP contribution in [-0.4, -0.2) is 34.2 Å². The van der Waals surface area contributed by atoms with Crippen LogP contribution in [0.4, 0.5) is 0 Å². The smallest absolute Gasteiger partial charge is 0.150 e. The standard InChI is InChI=1S/C8H14INO2/c1-3-12-7-4-5-10(9)8(7)6(2)11/h7-8H,3-5H2,1-2H3/t7-,8-/m1/s1. The Labute approximate surface area is 86.9 Å². The van der Waals surface area contributed by atoms with Gasteiger partial charge in [0.1, 0.15) is 11.8 Å².